The van der Waals surface area contributed by atoms with Crippen LogP contribution in [-0.2, 0) is 9.47 Å². The molecule has 0 aromatic heterocycles. The summed E-state index contributed by atoms with van der Waals surface area (Å²) in [7, 11) is 2.97. The molecular formula is C37H55NO11. The summed E-state index contributed by atoms with van der Waals surface area (Å²) in [5.41, 5.74) is -9.69. The molecule has 0 amide bonds. The number of aliphatic hydroxyl groups is 6. The number of piperidine rings is 2. The lowest BCUT2D eigenvalue weighted by Crippen LogP contribution is -2.85. The molecule has 2 bridgehead atoms. The minimum Gasteiger partial charge on any atom is -0.493 e. The van der Waals surface area contributed by atoms with E-state index in [0.29, 0.717) is 49.6 Å². The zero-order valence-corrected chi connectivity index (χ0v) is 29.6. The van der Waals surface area contributed by atoms with E-state index < -0.39 is 75.3 Å². The van der Waals surface area contributed by atoms with Gasteiger partial charge in [-0.3, -0.25) is 4.90 Å². The van der Waals surface area contributed by atoms with Crippen LogP contribution in [0.3, 0.4) is 0 Å². The average Bonchev–Trinajstić information content (AvgIpc) is 3.11. The van der Waals surface area contributed by atoms with Gasteiger partial charge in [0.15, 0.2) is 17.6 Å². The zero-order valence-electron chi connectivity index (χ0n) is 29.6. The van der Waals surface area contributed by atoms with Crippen LogP contribution < -0.4 is 9.47 Å². The lowest BCUT2D eigenvalue weighted by atomic mass is 9.50. The van der Waals surface area contributed by atoms with E-state index in [9.17, 15) is 35.4 Å². The van der Waals surface area contributed by atoms with Crippen molar-refractivity contribution in [2.24, 2.45) is 23.2 Å². The average molecular weight is 690 g/mol. The molecule has 1 spiro atoms. The molecule has 49 heavy (non-hydrogen) atoms. The number of fused-ring (bicyclic) bond motifs is 6. The minimum absolute atomic E-state index is 0.123. The highest BCUT2D eigenvalue weighted by atomic mass is 16.7. The van der Waals surface area contributed by atoms with Crippen molar-refractivity contribution in [3.63, 3.8) is 0 Å². The van der Waals surface area contributed by atoms with Crippen molar-refractivity contribution in [1.82, 2.24) is 4.90 Å². The highest BCUT2D eigenvalue weighted by Gasteiger charge is 2.84. The van der Waals surface area contributed by atoms with Gasteiger partial charge in [0.2, 0.25) is 5.79 Å². The first-order valence-electron chi connectivity index (χ1n) is 18.0. The van der Waals surface area contributed by atoms with E-state index in [1.807, 2.05) is 13.8 Å². The normalized spacial score (nSPS) is 48.9. The van der Waals surface area contributed by atoms with E-state index in [-0.39, 0.29) is 37.8 Å². The van der Waals surface area contributed by atoms with E-state index in [1.54, 1.807) is 19.1 Å². The summed E-state index contributed by atoms with van der Waals surface area (Å²) >= 11 is 0. The van der Waals surface area contributed by atoms with Gasteiger partial charge in [0.25, 0.3) is 0 Å². The Kier molecular flexibility index (Phi) is 8.11. The first-order valence-corrected chi connectivity index (χ1v) is 18.0. The van der Waals surface area contributed by atoms with Gasteiger partial charge in [-0.2, -0.15) is 0 Å². The van der Waals surface area contributed by atoms with Crippen LogP contribution in [0.15, 0.2) is 18.2 Å². The Balaban J connectivity index is 1.27. The van der Waals surface area contributed by atoms with E-state index in [2.05, 4.69) is 11.8 Å². The number of hydrogen-bond acceptors (Lipinski definition) is 12. The van der Waals surface area contributed by atoms with Gasteiger partial charge in [0, 0.05) is 50.2 Å². The molecule has 4 aliphatic heterocycles. The number of methoxy groups -OCH3 is 2. The van der Waals surface area contributed by atoms with E-state index in [1.165, 1.54) is 20.3 Å². The van der Waals surface area contributed by atoms with Gasteiger partial charge in [-0.25, -0.2) is 4.79 Å². The fourth-order valence-corrected chi connectivity index (χ4v) is 11.5. The predicted molar refractivity (Wildman–Crippen MR) is 176 cm³/mol. The summed E-state index contributed by atoms with van der Waals surface area (Å²) in [4.78, 5) is 15.7. The van der Waals surface area contributed by atoms with Gasteiger partial charge in [-0.15, -0.1) is 0 Å². The van der Waals surface area contributed by atoms with E-state index >= 15 is 0 Å². The fraction of sp³-hybridized carbons (Fsp3) is 0.811. The number of carbonyl (C=O) groups is 1. The second kappa shape index (κ2) is 11.2. The molecule has 7 rings (SSSR count). The number of benzene rings is 1. The minimum atomic E-state index is -2.11. The Morgan fingerprint density at radius 1 is 0.898 bits per heavy atom. The van der Waals surface area contributed by atoms with Gasteiger partial charge in [0.05, 0.1) is 31.5 Å². The highest BCUT2D eigenvalue weighted by Crippen LogP contribution is 2.71. The van der Waals surface area contributed by atoms with Crippen LogP contribution in [0, 0.1) is 23.2 Å². The molecule has 12 atom stereocenters. The van der Waals surface area contributed by atoms with Crippen LogP contribution >= 0.6 is 0 Å². The Morgan fingerprint density at radius 3 is 2.31 bits per heavy atom. The van der Waals surface area contributed by atoms with E-state index in [0.717, 1.165) is 6.42 Å². The van der Waals surface area contributed by atoms with E-state index in [4.69, 9.17) is 18.9 Å². The number of rotatable bonds is 4. The summed E-state index contributed by atoms with van der Waals surface area (Å²) in [6, 6.07) is 4.26. The molecule has 4 heterocycles. The Labute approximate surface area is 288 Å². The summed E-state index contributed by atoms with van der Waals surface area (Å²) in [5, 5.41) is 75.0. The molecule has 1 aromatic carbocycles. The highest BCUT2D eigenvalue weighted by molar-refractivity contribution is 5.90. The van der Waals surface area contributed by atoms with Gasteiger partial charge in [-0.1, -0.05) is 20.8 Å². The third-order valence-corrected chi connectivity index (χ3v) is 14.3. The topological polar surface area (TPSA) is 179 Å². The number of aliphatic hydroxyl groups excluding tert-OH is 1. The van der Waals surface area contributed by atoms with Crippen molar-refractivity contribution in [2.75, 3.05) is 27.3 Å². The van der Waals surface area contributed by atoms with Crippen molar-refractivity contribution >= 4 is 5.97 Å². The zero-order chi connectivity index (χ0) is 35.6. The molecule has 12 heteroatoms. The third kappa shape index (κ3) is 4.60. The molecule has 1 unspecified atom stereocenters. The lowest BCUT2D eigenvalue weighted by molar-refractivity contribution is -0.354. The molecule has 6 fully saturated rings. The molecular weight excluding hydrogens is 634 g/mol. The van der Waals surface area contributed by atoms with Gasteiger partial charge in [-0.05, 0) is 75.0 Å². The van der Waals surface area contributed by atoms with Crippen molar-refractivity contribution in [2.45, 2.75) is 138 Å². The smallest absolute Gasteiger partial charge is 0.338 e. The number of hydrogen-bond donors (Lipinski definition) is 6. The van der Waals surface area contributed by atoms with Crippen LogP contribution in [0.25, 0.3) is 0 Å². The Hall–Kier alpha value is -2.03. The largest absolute Gasteiger partial charge is 0.493 e. The van der Waals surface area contributed by atoms with Crippen molar-refractivity contribution in [3.8, 4) is 11.5 Å². The maximum absolute atomic E-state index is 13.6. The molecule has 274 valence electrons. The monoisotopic (exact) mass is 689 g/mol. The fourth-order valence-electron chi connectivity index (χ4n) is 11.5. The first-order chi connectivity index (χ1) is 22.8. The van der Waals surface area contributed by atoms with Gasteiger partial charge < -0.3 is 49.6 Å². The number of nitrogens with zero attached hydrogens (tertiary/aromatic N) is 1. The number of esters is 1. The molecule has 4 saturated heterocycles. The van der Waals surface area contributed by atoms with Crippen LogP contribution in [0.2, 0.25) is 0 Å². The summed E-state index contributed by atoms with van der Waals surface area (Å²) in [5.74, 6) is -3.33. The number of ether oxygens (including phenoxy) is 4. The maximum atomic E-state index is 13.6. The van der Waals surface area contributed by atoms with Gasteiger partial charge >= 0.3 is 5.97 Å². The van der Waals surface area contributed by atoms with Gasteiger partial charge in [0.1, 0.15) is 22.4 Å². The predicted octanol–water partition coefficient (Wildman–Crippen LogP) is 2.14. The Bertz CT molecular complexity index is 1490. The standard InChI is InChI=1S/C37H55NO11/c1-21-9-12-27-32(4,41)37(45)26(19-38(27)18-21)34(43)20-35-25(33(34,42)17-28(37)39)8-7-14-36(44,49-35)29(13-15-31(35,2)3)48-30(40)22-10-11-23(46-5)24(16-22)47-6/h10-11,16,21,25-29,39,41-45H,7-9,12-15,17-20H2,1-6H3/t21-,25-,26-,27-,28-,29-,32+,33+,34+,35?,36-,37-/m0/s1. The third-order valence-electron chi connectivity index (χ3n) is 14.3. The second-order valence-electron chi connectivity index (χ2n) is 17.1. The van der Waals surface area contributed by atoms with Crippen LogP contribution in [0.4, 0.5) is 0 Å². The summed E-state index contributed by atoms with van der Waals surface area (Å²) in [6.45, 7) is 8.48. The van der Waals surface area contributed by atoms with Crippen molar-refractivity contribution in [3.05, 3.63) is 23.8 Å². The van der Waals surface area contributed by atoms with Crippen molar-refractivity contribution in [1.29, 1.82) is 0 Å². The molecule has 1 aromatic rings. The van der Waals surface area contributed by atoms with Crippen LogP contribution in [0.5, 0.6) is 11.5 Å². The molecule has 12 nitrogen and oxygen atoms in total. The SMILES string of the molecule is COc1ccc(C(=O)O[C@H]2CCC(C)(C)C34C[C@@]5(O)[C@@H]6CN7C[C@@H](C)CC[C@H]7[C@@](C)(O)[C@@]6(O)[C@@H](O)C[C@@]5(O)[C@@H]3CCC[C@]2(O)O4)cc1OC. The summed E-state index contributed by atoms with van der Waals surface area (Å²) in [6.07, 6.45) is -0.0502. The second-order valence-corrected chi connectivity index (χ2v) is 17.1. The summed E-state index contributed by atoms with van der Waals surface area (Å²) < 4.78 is 23.7. The molecule has 6 aliphatic rings. The van der Waals surface area contributed by atoms with Crippen LogP contribution in [-0.4, -0.2) is 121 Å². The number of carbonyl (C=O) groups excluding carboxylic acids is 1. The van der Waals surface area contributed by atoms with Crippen LogP contribution in [0.1, 0.15) is 95.8 Å². The Morgan fingerprint density at radius 2 is 1.61 bits per heavy atom. The first kappa shape index (κ1) is 35.4. The quantitative estimate of drug-likeness (QED) is 0.254. The molecule has 0 radical (unpaired) electrons. The molecule has 2 saturated carbocycles. The van der Waals surface area contributed by atoms with Crippen molar-refractivity contribution < 1.29 is 54.4 Å². The lowest BCUT2D eigenvalue weighted by Gasteiger charge is -2.68. The maximum Gasteiger partial charge on any atom is 0.338 e. The molecule has 2 aliphatic carbocycles. The molecule has 6 N–H and O–H groups in total.